The van der Waals surface area contributed by atoms with E-state index >= 15 is 0 Å². The zero-order chi connectivity index (χ0) is 23.0. The van der Waals surface area contributed by atoms with Crippen LogP contribution in [-0.4, -0.2) is 41.8 Å². The molecule has 0 bridgehead atoms. The fourth-order valence-corrected chi connectivity index (χ4v) is 3.69. The minimum Gasteiger partial charge on any atom is -0.406 e. The molecule has 0 spiro atoms. The highest BCUT2D eigenvalue weighted by atomic mass is 19.4. The zero-order valence-electron chi connectivity index (χ0n) is 17.4. The van der Waals surface area contributed by atoms with Gasteiger partial charge in [0.2, 0.25) is 6.35 Å². The summed E-state index contributed by atoms with van der Waals surface area (Å²) in [5, 5.41) is 12.2. The second-order valence-corrected chi connectivity index (χ2v) is 7.64. The molecule has 0 aromatic heterocycles. The lowest BCUT2D eigenvalue weighted by Crippen LogP contribution is -2.53. The van der Waals surface area contributed by atoms with Gasteiger partial charge in [-0.05, 0) is 67.6 Å². The summed E-state index contributed by atoms with van der Waals surface area (Å²) in [6, 6.07) is 9.68. The number of aliphatic hydroxyl groups excluding tert-OH is 1. The van der Waals surface area contributed by atoms with Crippen molar-refractivity contribution in [1.82, 2.24) is 5.32 Å². The quantitative estimate of drug-likeness (QED) is 0.736. The summed E-state index contributed by atoms with van der Waals surface area (Å²) in [5.74, 6) is -0.519. The molecular weight excluding hydrogens is 425 g/mol. The van der Waals surface area contributed by atoms with Gasteiger partial charge >= 0.3 is 6.36 Å². The van der Waals surface area contributed by atoms with E-state index in [1.807, 2.05) is 30.9 Å². The topological polar surface area (TPSA) is 86.5 Å². The lowest BCUT2D eigenvalue weighted by molar-refractivity contribution is -0.274. The standard InChI is InChI=1S/C22H21F3N4O3/c1-12-9-16-17(10-13(12)2)29(19-18(26-16)20(30)28-21(31)27-19)8-4-6-14-5-3-7-15(11-14)32-22(23,24)25/h3,5,7,9-11,21,31H,4,6,8H2,1-2H3,(H,28,30). The molecule has 0 fully saturated rings. The summed E-state index contributed by atoms with van der Waals surface area (Å²) in [6.45, 7) is 4.32. The molecule has 0 aliphatic carbocycles. The van der Waals surface area contributed by atoms with E-state index in [1.165, 1.54) is 18.2 Å². The van der Waals surface area contributed by atoms with Crippen LogP contribution in [0.2, 0.25) is 0 Å². The number of amidine groups is 1. The van der Waals surface area contributed by atoms with Crippen LogP contribution >= 0.6 is 0 Å². The summed E-state index contributed by atoms with van der Waals surface area (Å²) in [4.78, 5) is 22.8. The van der Waals surface area contributed by atoms with E-state index < -0.39 is 18.6 Å². The lowest BCUT2D eigenvalue weighted by atomic mass is 10.0. The van der Waals surface area contributed by atoms with Crippen LogP contribution in [0.3, 0.4) is 0 Å². The van der Waals surface area contributed by atoms with Gasteiger partial charge in [0.05, 0.1) is 11.4 Å². The van der Waals surface area contributed by atoms with E-state index in [0.29, 0.717) is 30.6 Å². The number of hydrogen-bond acceptors (Lipinski definition) is 6. The number of alkyl halides is 3. The second kappa shape index (κ2) is 8.27. The van der Waals surface area contributed by atoms with Gasteiger partial charge in [-0.1, -0.05) is 12.1 Å². The van der Waals surface area contributed by atoms with Crippen molar-refractivity contribution in [3.8, 4) is 5.75 Å². The molecule has 1 atom stereocenters. The molecule has 168 valence electrons. The summed E-state index contributed by atoms with van der Waals surface area (Å²) < 4.78 is 41.4. The predicted molar refractivity (Wildman–Crippen MR) is 113 cm³/mol. The maximum absolute atomic E-state index is 12.5. The molecule has 0 radical (unpaired) electrons. The first-order valence-corrected chi connectivity index (χ1v) is 10.00. The third kappa shape index (κ3) is 4.59. The fraction of sp³-hybridized carbons (Fsp3) is 0.318. The highest BCUT2D eigenvalue weighted by Crippen LogP contribution is 2.36. The largest absolute Gasteiger partial charge is 0.573 e. The van der Waals surface area contributed by atoms with Gasteiger partial charge in [0.25, 0.3) is 5.91 Å². The summed E-state index contributed by atoms with van der Waals surface area (Å²) in [7, 11) is 0. The minimum absolute atomic E-state index is 0.117. The monoisotopic (exact) mass is 446 g/mol. The Hall–Kier alpha value is -3.40. The molecule has 2 aromatic rings. The van der Waals surface area contributed by atoms with Crippen LogP contribution in [0.5, 0.6) is 5.75 Å². The molecule has 10 heteroatoms. The SMILES string of the molecule is Cc1cc2c(cc1C)N(CCCc1cccc(OC(F)(F)F)c1)C1=NC(O)NC(=O)C1=N2. The van der Waals surface area contributed by atoms with Crippen molar-refractivity contribution in [1.29, 1.82) is 0 Å². The summed E-state index contributed by atoms with van der Waals surface area (Å²) >= 11 is 0. The molecule has 1 unspecified atom stereocenters. The van der Waals surface area contributed by atoms with E-state index in [-0.39, 0.29) is 17.3 Å². The van der Waals surface area contributed by atoms with Gasteiger partial charge in [0, 0.05) is 6.54 Å². The molecule has 2 heterocycles. The van der Waals surface area contributed by atoms with Gasteiger partial charge in [-0.25, -0.2) is 9.98 Å². The van der Waals surface area contributed by atoms with E-state index in [0.717, 1.165) is 16.8 Å². The highest BCUT2D eigenvalue weighted by Gasteiger charge is 2.35. The Kier molecular flexibility index (Phi) is 5.64. The molecule has 2 aromatic carbocycles. The molecule has 1 amide bonds. The van der Waals surface area contributed by atoms with Crippen molar-refractivity contribution in [2.24, 2.45) is 9.98 Å². The number of benzene rings is 2. The molecule has 32 heavy (non-hydrogen) atoms. The number of anilines is 1. The number of aryl methyl sites for hydroxylation is 3. The molecule has 7 nitrogen and oxygen atoms in total. The Labute approximate surface area is 182 Å². The number of carbonyl (C=O) groups is 1. The molecule has 2 aliphatic heterocycles. The van der Waals surface area contributed by atoms with E-state index in [2.05, 4.69) is 20.0 Å². The first kappa shape index (κ1) is 21.8. The maximum Gasteiger partial charge on any atom is 0.573 e. The van der Waals surface area contributed by atoms with Crippen LogP contribution in [0.25, 0.3) is 0 Å². The fourth-order valence-electron chi connectivity index (χ4n) is 3.69. The van der Waals surface area contributed by atoms with Crippen molar-refractivity contribution >= 4 is 28.8 Å². The van der Waals surface area contributed by atoms with Crippen LogP contribution in [0, 0.1) is 13.8 Å². The van der Waals surface area contributed by atoms with Crippen molar-refractivity contribution in [3.05, 3.63) is 53.1 Å². The van der Waals surface area contributed by atoms with Crippen LogP contribution < -0.4 is 15.0 Å². The van der Waals surface area contributed by atoms with Gasteiger partial charge in [-0.2, -0.15) is 0 Å². The predicted octanol–water partition coefficient (Wildman–Crippen LogP) is 3.53. The van der Waals surface area contributed by atoms with E-state index in [9.17, 15) is 23.1 Å². The number of nitrogens with zero attached hydrogens (tertiary/aromatic N) is 3. The smallest absolute Gasteiger partial charge is 0.406 e. The number of aliphatic imine (C=N–C) groups is 2. The van der Waals surface area contributed by atoms with Crippen molar-refractivity contribution < 1.29 is 27.8 Å². The number of aliphatic hydroxyl groups is 1. The molecule has 2 aliphatic rings. The van der Waals surface area contributed by atoms with Crippen LogP contribution in [0.4, 0.5) is 24.5 Å². The second-order valence-electron chi connectivity index (χ2n) is 7.64. The van der Waals surface area contributed by atoms with Crippen LogP contribution in [0.15, 0.2) is 46.4 Å². The molecule has 2 N–H and O–H groups in total. The number of halogens is 3. The first-order valence-electron chi connectivity index (χ1n) is 10.00. The number of hydrogen-bond donors (Lipinski definition) is 2. The number of fused-ring (bicyclic) bond motifs is 2. The zero-order valence-corrected chi connectivity index (χ0v) is 17.4. The maximum atomic E-state index is 12.5. The number of carbonyl (C=O) groups excluding carboxylic acids is 1. The van der Waals surface area contributed by atoms with Gasteiger partial charge in [0.1, 0.15) is 5.75 Å². The van der Waals surface area contributed by atoms with Gasteiger partial charge < -0.3 is 20.1 Å². The van der Waals surface area contributed by atoms with E-state index in [4.69, 9.17) is 0 Å². The van der Waals surface area contributed by atoms with Crippen molar-refractivity contribution in [2.45, 2.75) is 39.4 Å². The van der Waals surface area contributed by atoms with Gasteiger partial charge in [-0.3, -0.25) is 4.79 Å². The third-order valence-corrected chi connectivity index (χ3v) is 5.28. The van der Waals surface area contributed by atoms with Gasteiger partial charge in [-0.15, -0.1) is 13.2 Å². The Bertz CT molecular complexity index is 1130. The van der Waals surface area contributed by atoms with Crippen molar-refractivity contribution in [2.75, 3.05) is 11.4 Å². The van der Waals surface area contributed by atoms with Gasteiger partial charge in [0.15, 0.2) is 11.5 Å². The molecular formula is C22H21F3N4O3. The third-order valence-electron chi connectivity index (χ3n) is 5.28. The first-order chi connectivity index (χ1) is 15.1. The molecule has 0 saturated heterocycles. The Morgan fingerprint density at radius 2 is 1.94 bits per heavy atom. The molecule has 0 saturated carbocycles. The average molecular weight is 446 g/mol. The lowest BCUT2D eigenvalue weighted by Gasteiger charge is -2.34. The van der Waals surface area contributed by atoms with Crippen LogP contribution in [0.1, 0.15) is 23.1 Å². The Morgan fingerprint density at radius 1 is 1.19 bits per heavy atom. The number of amides is 1. The molecule has 4 rings (SSSR count). The number of nitrogens with one attached hydrogen (secondary N) is 1. The minimum atomic E-state index is -4.75. The summed E-state index contributed by atoms with van der Waals surface area (Å²) in [6.07, 6.45) is -5.10. The van der Waals surface area contributed by atoms with E-state index in [1.54, 1.807) is 6.07 Å². The number of ether oxygens (including phenoxy) is 1. The normalized spacial score (nSPS) is 17.8. The summed E-state index contributed by atoms with van der Waals surface area (Å²) in [5.41, 5.74) is 4.23. The van der Waals surface area contributed by atoms with Crippen molar-refractivity contribution in [3.63, 3.8) is 0 Å². The highest BCUT2D eigenvalue weighted by molar-refractivity contribution is 6.70. The van der Waals surface area contributed by atoms with Crippen LogP contribution in [-0.2, 0) is 11.2 Å². The Morgan fingerprint density at radius 3 is 2.69 bits per heavy atom. The Balaban J connectivity index is 1.58. The number of rotatable bonds is 5. The average Bonchev–Trinajstić information content (AvgIpc) is 2.68.